The van der Waals surface area contributed by atoms with Gasteiger partial charge in [0.25, 0.3) is 11.8 Å². The van der Waals surface area contributed by atoms with E-state index in [9.17, 15) is 35.9 Å². The third-order valence-corrected chi connectivity index (χ3v) is 6.53. The highest BCUT2D eigenvalue weighted by atomic mass is 19.4. The van der Waals surface area contributed by atoms with Gasteiger partial charge in [-0.3, -0.25) is 14.5 Å². The van der Waals surface area contributed by atoms with Gasteiger partial charge in [0.1, 0.15) is 0 Å². The average molecular weight is 508 g/mol. The first kappa shape index (κ1) is 24.0. The molecule has 2 aromatic rings. The van der Waals surface area contributed by atoms with E-state index in [2.05, 4.69) is 5.32 Å². The SMILES string of the molecule is CC1=CC(O/C=C2/C(=O)N[C@@H]3Cc4ccccc4[C@H]23)N(c2cc(C(F)(F)F)cc(C(F)(F)F)c2)C1=O. The van der Waals surface area contributed by atoms with E-state index >= 15 is 0 Å². The van der Waals surface area contributed by atoms with E-state index in [1.807, 2.05) is 24.3 Å². The summed E-state index contributed by atoms with van der Waals surface area (Å²) in [4.78, 5) is 26.1. The first-order valence-electron chi connectivity index (χ1n) is 10.9. The van der Waals surface area contributed by atoms with Crippen molar-refractivity contribution < 1.29 is 40.7 Å². The first-order valence-corrected chi connectivity index (χ1v) is 10.9. The van der Waals surface area contributed by atoms with Crippen molar-refractivity contribution >= 4 is 17.5 Å². The quantitative estimate of drug-likeness (QED) is 0.358. The van der Waals surface area contributed by atoms with Crippen LogP contribution in [0.4, 0.5) is 32.0 Å². The second-order valence-electron chi connectivity index (χ2n) is 8.85. The Morgan fingerprint density at radius 2 is 1.64 bits per heavy atom. The summed E-state index contributed by atoms with van der Waals surface area (Å²) >= 11 is 0. The van der Waals surface area contributed by atoms with Gasteiger partial charge in [0, 0.05) is 23.2 Å². The van der Waals surface area contributed by atoms with Crippen LogP contribution in [0.3, 0.4) is 0 Å². The molecule has 5 nitrogen and oxygen atoms in total. The summed E-state index contributed by atoms with van der Waals surface area (Å²) in [6.07, 6.45) is -8.47. The van der Waals surface area contributed by atoms with Crippen LogP contribution in [0.15, 0.2) is 65.9 Å². The van der Waals surface area contributed by atoms with Gasteiger partial charge in [-0.25, -0.2) is 0 Å². The van der Waals surface area contributed by atoms with Gasteiger partial charge in [-0.05, 0) is 48.7 Å². The van der Waals surface area contributed by atoms with E-state index in [1.54, 1.807) is 0 Å². The molecule has 3 atom stereocenters. The van der Waals surface area contributed by atoms with E-state index in [4.69, 9.17) is 4.74 Å². The Hall–Kier alpha value is -3.76. The molecule has 2 amide bonds. The predicted molar refractivity (Wildman–Crippen MR) is 115 cm³/mol. The molecule has 1 N–H and O–H groups in total. The molecule has 0 aromatic heterocycles. The summed E-state index contributed by atoms with van der Waals surface area (Å²) in [6, 6.07) is 8.25. The molecule has 1 saturated heterocycles. The number of nitrogens with one attached hydrogen (secondary N) is 1. The lowest BCUT2D eigenvalue weighted by molar-refractivity contribution is -0.143. The van der Waals surface area contributed by atoms with E-state index in [-0.39, 0.29) is 29.2 Å². The van der Waals surface area contributed by atoms with Crippen molar-refractivity contribution in [2.45, 2.75) is 43.9 Å². The first-order chi connectivity index (χ1) is 16.8. The van der Waals surface area contributed by atoms with Crippen molar-refractivity contribution in [1.29, 1.82) is 0 Å². The maximum absolute atomic E-state index is 13.4. The van der Waals surface area contributed by atoms with Crippen molar-refractivity contribution in [1.82, 2.24) is 5.32 Å². The van der Waals surface area contributed by atoms with Gasteiger partial charge in [0.15, 0.2) is 6.23 Å². The van der Waals surface area contributed by atoms with Crippen molar-refractivity contribution in [3.8, 4) is 0 Å². The number of amides is 2. The minimum atomic E-state index is -5.08. The molecular formula is C25H18F6N2O3. The number of ether oxygens (including phenoxy) is 1. The van der Waals surface area contributed by atoms with Gasteiger partial charge in [-0.15, -0.1) is 0 Å². The van der Waals surface area contributed by atoms with Crippen molar-refractivity contribution in [2.24, 2.45) is 0 Å². The molecule has 2 heterocycles. The Balaban J connectivity index is 1.51. The van der Waals surface area contributed by atoms with Crippen LogP contribution >= 0.6 is 0 Å². The number of anilines is 1. The van der Waals surface area contributed by atoms with Crippen LogP contribution in [0.5, 0.6) is 0 Å². The Labute approximate surface area is 201 Å². The smallest absolute Gasteiger partial charge is 0.416 e. The van der Waals surface area contributed by atoms with Crippen molar-refractivity contribution in [2.75, 3.05) is 4.90 Å². The fraction of sp³-hybridized carbons (Fsp3) is 0.280. The lowest BCUT2D eigenvalue weighted by Crippen LogP contribution is -2.36. The molecule has 0 radical (unpaired) electrons. The summed E-state index contributed by atoms with van der Waals surface area (Å²) in [5.41, 5.74) is -1.42. The zero-order valence-corrected chi connectivity index (χ0v) is 18.6. The van der Waals surface area contributed by atoms with Crippen LogP contribution < -0.4 is 10.2 Å². The largest absolute Gasteiger partial charge is 0.474 e. The normalized spacial score (nSPS) is 24.6. The van der Waals surface area contributed by atoms with Crippen LogP contribution in [0.25, 0.3) is 0 Å². The molecule has 3 aliphatic rings. The maximum atomic E-state index is 13.4. The molecule has 0 bridgehead atoms. The van der Waals surface area contributed by atoms with Crippen LogP contribution in [0.2, 0.25) is 0 Å². The Kier molecular flexibility index (Phi) is 5.42. The number of nitrogens with zero attached hydrogens (tertiary/aromatic N) is 1. The van der Waals surface area contributed by atoms with Gasteiger partial charge in [-0.2, -0.15) is 26.3 Å². The number of alkyl halides is 6. The van der Waals surface area contributed by atoms with Crippen LogP contribution in [-0.4, -0.2) is 24.1 Å². The van der Waals surface area contributed by atoms with Crippen molar-refractivity contribution in [3.63, 3.8) is 0 Å². The zero-order chi connectivity index (χ0) is 26.0. The highest BCUT2D eigenvalue weighted by molar-refractivity contribution is 6.08. The molecule has 5 rings (SSSR count). The maximum Gasteiger partial charge on any atom is 0.416 e. The number of fused-ring (bicyclic) bond motifs is 3. The minimum Gasteiger partial charge on any atom is -0.474 e. The molecule has 188 valence electrons. The Morgan fingerprint density at radius 3 is 2.28 bits per heavy atom. The third-order valence-electron chi connectivity index (χ3n) is 6.53. The highest BCUT2D eigenvalue weighted by Crippen LogP contribution is 2.43. The predicted octanol–water partition coefficient (Wildman–Crippen LogP) is 5.08. The van der Waals surface area contributed by atoms with Gasteiger partial charge >= 0.3 is 12.4 Å². The van der Waals surface area contributed by atoms with Crippen LogP contribution in [0.1, 0.15) is 35.1 Å². The number of benzene rings is 2. The fourth-order valence-electron chi connectivity index (χ4n) is 4.88. The Bertz CT molecular complexity index is 1300. The number of carbonyl (C=O) groups excluding carboxylic acids is 2. The minimum absolute atomic E-state index is 0.0112. The molecule has 36 heavy (non-hydrogen) atoms. The second kappa shape index (κ2) is 8.14. The number of rotatable bonds is 3. The number of carbonyl (C=O) groups is 2. The van der Waals surface area contributed by atoms with Crippen LogP contribution in [0, 0.1) is 0 Å². The molecule has 2 aliphatic heterocycles. The van der Waals surface area contributed by atoms with E-state index < -0.39 is 47.2 Å². The van der Waals surface area contributed by atoms with Crippen LogP contribution in [-0.2, 0) is 33.1 Å². The lowest BCUT2D eigenvalue weighted by atomic mass is 9.94. The summed E-state index contributed by atoms with van der Waals surface area (Å²) in [7, 11) is 0. The molecular weight excluding hydrogens is 490 g/mol. The van der Waals surface area contributed by atoms with E-state index in [1.165, 1.54) is 13.0 Å². The lowest BCUT2D eigenvalue weighted by Gasteiger charge is -2.26. The number of halogens is 6. The summed E-state index contributed by atoms with van der Waals surface area (Å²) in [6.45, 7) is 1.37. The molecule has 0 spiro atoms. The summed E-state index contributed by atoms with van der Waals surface area (Å²) in [5, 5.41) is 2.86. The fourth-order valence-corrected chi connectivity index (χ4v) is 4.88. The second-order valence-corrected chi connectivity index (χ2v) is 8.85. The third kappa shape index (κ3) is 4.02. The molecule has 1 fully saturated rings. The Morgan fingerprint density at radius 1 is 1.00 bits per heavy atom. The monoisotopic (exact) mass is 508 g/mol. The molecule has 1 unspecified atom stereocenters. The highest BCUT2D eigenvalue weighted by Gasteiger charge is 2.45. The molecule has 2 aromatic carbocycles. The molecule has 11 heteroatoms. The van der Waals surface area contributed by atoms with Gasteiger partial charge in [-0.1, -0.05) is 24.3 Å². The van der Waals surface area contributed by atoms with E-state index in [0.717, 1.165) is 17.4 Å². The van der Waals surface area contributed by atoms with Gasteiger partial charge < -0.3 is 10.1 Å². The summed E-state index contributed by atoms with van der Waals surface area (Å²) < 4.78 is 85.9. The number of hydrogen-bond donors (Lipinski definition) is 1. The molecule has 1 aliphatic carbocycles. The zero-order valence-electron chi connectivity index (χ0n) is 18.6. The van der Waals surface area contributed by atoms with Gasteiger partial charge in [0.2, 0.25) is 0 Å². The molecule has 0 saturated carbocycles. The average Bonchev–Trinajstić information content (AvgIpc) is 3.39. The van der Waals surface area contributed by atoms with E-state index in [0.29, 0.717) is 23.5 Å². The van der Waals surface area contributed by atoms with Crippen molar-refractivity contribution in [3.05, 3.63) is 88.2 Å². The number of hydrogen-bond acceptors (Lipinski definition) is 3. The standard InChI is InChI=1S/C25H18F6N2O3/c1-12-6-20(36-11-18-21-17-5-3-2-4-13(17)7-19(21)32-22(18)34)33(23(12)35)16-9-14(24(26,27)28)8-15(10-16)25(29,30)31/h2-6,8-11,19-21H,7H2,1H3,(H,32,34)/b18-11+/t19-,20?,21-/m1/s1. The summed E-state index contributed by atoms with van der Waals surface area (Å²) in [5.74, 6) is -1.53. The van der Waals surface area contributed by atoms with Gasteiger partial charge in [0.05, 0.1) is 23.0 Å². The topological polar surface area (TPSA) is 58.6 Å².